The van der Waals surface area contributed by atoms with Gasteiger partial charge in [0.1, 0.15) is 5.82 Å². The summed E-state index contributed by atoms with van der Waals surface area (Å²) in [6, 6.07) is 13.9. The van der Waals surface area contributed by atoms with Gasteiger partial charge in [-0.25, -0.2) is 9.37 Å². The molecule has 5 nitrogen and oxygen atoms in total. The van der Waals surface area contributed by atoms with Crippen LogP contribution in [-0.2, 0) is 12.3 Å². The Hall–Kier alpha value is -2.90. The molecule has 0 aliphatic heterocycles. The molecule has 0 radical (unpaired) electrons. The molecule has 0 bridgehead atoms. The molecule has 0 saturated heterocycles. The lowest BCUT2D eigenvalue weighted by Gasteiger charge is -2.10. The Morgan fingerprint density at radius 3 is 2.75 bits per heavy atom. The number of rotatable bonds is 8. The van der Waals surface area contributed by atoms with Gasteiger partial charge in [-0.1, -0.05) is 48.5 Å². The fraction of sp³-hybridized carbons (Fsp3) is 0.208. The van der Waals surface area contributed by atoms with Crippen LogP contribution in [0.3, 0.4) is 0 Å². The highest BCUT2D eigenvalue weighted by Crippen LogP contribution is 2.30. The molecule has 4 aromatic rings. The number of hydrogen-bond donors (Lipinski definition) is 1. The number of nitrogens with zero attached hydrogens (tertiary/aromatic N) is 3. The molecule has 2 aromatic heterocycles. The molecule has 8 heteroatoms. The predicted octanol–water partition coefficient (Wildman–Crippen LogP) is 5.70. The van der Waals surface area contributed by atoms with E-state index >= 15 is 0 Å². The Morgan fingerprint density at radius 2 is 2.00 bits per heavy atom. The third-order valence-corrected chi connectivity index (χ3v) is 6.36. The quantitative estimate of drug-likeness (QED) is 0.337. The summed E-state index contributed by atoms with van der Waals surface area (Å²) in [5.41, 5.74) is 4.30. The van der Waals surface area contributed by atoms with Crippen LogP contribution in [0.1, 0.15) is 34.8 Å². The second kappa shape index (κ2) is 10.1. The maximum atomic E-state index is 13.4. The zero-order chi connectivity index (χ0) is 22.5. The van der Waals surface area contributed by atoms with Crippen molar-refractivity contribution in [2.75, 3.05) is 6.54 Å². The maximum absolute atomic E-state index is 13.4. The average molecular weight is 469 g/mol. The van der Waals surface area contributed by atoms with E-state index in [1.165, 1.54) is 23.9 Å². The van der Waals surface area contributed by atoms with Crippen LogP contribution in [-0.4, -0.2) is 27.0 Å². The van der Waals surface area contributed by atoms with Gasteiger partial charge in [-0.3, -0.25) is 9.78 Å². The minimum absolute atomic E-state index is 0.0666. The van der Waals surface area contributed by atoms with Crippen LogP contribution in [0, 0.1) is 5.82 Å². The van der Waals surface area contributed by atoms with E-state index in [4.69, 9.17) is 16.6 Å². The maximum Gasteiger partial charge on any atom is 0.251 e. The van der Waals surface area contributed by atoms with Gasteiger partial charge in [-0.15, -0.1) is 0 Å². The van der Waals surface area contributed by atoms with Crippen LogP contribution in [0.5, 0.6) is 0 Å². The van der Waals surface area contributed by atoms with Crippen molar-refractivity contribution in [3.8, 4) is 0 Å². The molecule has 4 rings (SSSR count). The highest BCUT2D eigenvalue weighted by atomic mass is 35.5. The minimum Gasteiger partial charge on any atom is -0.352 e. The Bertz CT molecular complexity index is 1240. The molecule has 0 aliphatic carbocycles. The van der Waals surface area contributed by atoms with E-state index in [0.29, 0.717) is 29.4 Å². The second-order valence-electron chi connectivity index (χ2n) is 7.32. The van der Waals surface area contributed by atoms with Crippen LogP contribution >= 0.6 is 23.4 Å². The number of hydrogen-bond acceptors (Lipinski definition) is 4. The van der Waals surface area contributed by atoms with Gasteiger partial charge in [0.25, 0.3) is 5.91 Å². The highest BCUT2D eigenvalue weighted by molar-refractivity contribution is 7.98. The van der Waals surface area contributed by atoms with Gasteiger partial charge < -0.3 is 9.88 Å². The lowest BCUT2D eigenvalue weighted by molar-refractivity contribution is 0.0953. The fourth-order valence-electron chi connectivity index (χ4n) is 3.28. The first kappa shape index (κ1) is 22.3. The lowest BCUT2D eigenvalue weighted by atomic mass is 10.1. The Labute approximate surface area is 195 Å². The Kier molecular flexibility index (Phi) is 7.07. The zero-order valence-electron chi connectivity index (χ0n) is 17.5. The normalized spacial score (nSPS) is 11.1. The molecule has 0 saturated carbocycles. The summed E-state index contributed by atoms with van der Waals surface area (Å²) in [4.78, 5) is 21.2. The SMILES string of the molecule is CCCNC(=O)c1ccc(Cn2c(SCc3ccc(F)cc3Cl)nc3ccncc32)cc1. The van der Waals surface area contributed by atoms with Gasteiger partial charge in [0.05, 0.1) is 23.8 Å². The van der Waals surface area contributed by atoms with Gasteiger partial charge in [0.15, 0.2) is 5.16 Å². The molecule has 2 aromatic carbocycles. The number of pyridine rings is 1. The van der Waals surface area contributed by atoms with Crippen LogP contribution < -0.4 is 5.32 Å². The van der Waals surface area contributed by atoms with Crippen LogP contribution in [0.15, 0.2) is 66.1 Å². The number of nitrogens with one attached hydrogen (secondary N) is 1. The largest absolute Gasteiger partial charge is 0.352 e. The molecule has 164 valence electrons. The molecular weight excluding hydrogens is 447 g/mol. The van der Waals surface area contributed by atoms with E-state index in [1.54, 1.807) is 18.5 Å². The molecule has 0 atom stereocenters. The van der Waals surface area contributed by atoms with Crippen molar-refractivity contribution in [2.24, 2.45) is 0 Å². The van der Waals surface area contributed by atoms with E-state index in [2.05, 4.69) is 14.9 Å². The highest BCUT2D eigenvalue weighted by Gasteiger charge is 2.14. The van der Waals surface area contributed by atoms with Crippen LogP contribution in [0.4, 0.5) is 4.39 Å². The van der Waals surface area contributed by atoms with Gasteiger partial charge >= 0.3 is 0 Å². The first-order chi connectivity index (χ1) is 15.5. The van der Waals surface area contributed by atoms with Crippen molar-refractivity contribution < 1.29 is 9.18 Å². The number of imidazole rings is 1. The van der Waals surface area contributed by atoms with Gasteiger partial charge in [-0.05, 0) is 47.9 Å². The molecule has 0 fully saturated rings. The van der Waals surface area contributed by atoms with Crippen LogP contribution in [0.25, 0.3) is 11.0 Å². The first-order valence-electron chi connectivity index (χ1n) is 10.3. The Morgan fingerprint density at radius 1 is 1.19 bits per heavy atom. The lowest BCUT2D eigenvalue weighted by Crippen LogP contribution is -2.23. The Balaban J connectivity index is 1.57. The summed E-state index contributed by atoms with van der Waals surface area (Å²) in [6.07, 6.45) is 4.41. The molecule has 0 aliphatic rings. The number of benzene rings is 2. The number of amides is 1. The molecule has 1 amide bonds. The van der Waals surface area contributed by atoms with Gasteiger partial charge in [-0.2, -0.15) is 0 Å². The van der Waals surface area contributed by atoms with E-state index in [9.17, 15) is 9.18 Å². The number of carbonyl (C=O) groups is 1. The van der Waals surface area contributed by atoms with Crippen LogP contribution in [0.2, 0.25) is 5.02 Å². The van der Waals surface area contributed by atoms with E-state index < -0.39 is 0 Å². The summed E-state index contributed by atoms with van der Waals surface area (Å²) in [5, 5.41) is 4.11. The predicted molar refractivity (Wildman–Crippen MR) is 127 cm³/mol. The summed E-state index contributed by atoms with van der Waals surface area (Å²) >= 11 is 7.73. The van der Waals surface area contributed by atoms with E-state index in [-0.39, 0.29) is 11.7 Å². The first-order valence-corrected chi connectivity index (χ1v) is 11.7. The third kappa shape index (κ3) is 5.11. The third-order valence-electron chi connectivity index (χ3n) is 4.98. The summed E-state index contributed by atoms with van der Waals surface area (Å²) < 4.78 is 15.5. The minimum atomic E-state index is -0.353. The molecule has 32 heavy (non-hydrogen) atoms. The van der Waals surface area contributed by atoms with Crippen molar-refractivity contribution >= 4 is 40.3 Å². The van der Waals surface area contributed by atoms with Gasteiger partial charge in [0, 0.05) is 29.1 Å². The standard InChI is InChI=1S/C24H22ClFN4OS/c1-2-10-28-23(31)17-5-3-16(4-6-17)14-30-22-13-27-11-9-21(22)29-24(30)32-15-18-7-8-19(26)12-20(18)25/h3-9,11-13H,2,10,14-15H2,1H3,(H,28,31). The monoisotopic (exact) mass is 468 g/mol. The number of fused-ring (bicyclic) bond motifs is 1. The van der Waals surface area contributed by atoms with Crippen molar-refractivity contribution in [2.45, 2.75) is 30.8 Å². The average Bonchev–Trinajstić information content (AvgIpc) is 3.14. The zero-order valence-corrected chi connectivity index (χ0v) is 19.1. The number of halogens is 2. The molecular formula is C24H22ClFN4OS. The number of aromatic nitrogens is 3. The van der Waals surface area contributed by atoms with Crippen molar-refractivity contribution in [3.05, 3.63) is 88.5 Å². The molecule has 0 spiro atoms. The smallest absolute Gasteiger partial charge is 0.251 e. The summed E-state index contributed by atoms with van der Waals surface area (Å²) in [6.45, 7) is 3.26. The fourth-order valence-corrected chi connectivity index (χ4v) is 4.61. The summed E-state index contributed by atoms with van der Waals surface area (Å²) in [7, 11) is 0. The van der Waals surface area contributed by atoms with Crippen molar-refractivity contribution in [1.82, 2.24) is 19.9 Å². The molecule has 2 heterocycles. The van der Waals surface area contributed by atoms with E-state index in [1.807, 2.05) is 37.3 Å². The number of thioether (sulfide) groups is 1. The van der Waals surface area contributed by atoms with E-state index in [0.717, 1.165) is 33.7 Å². The molecule has 0 unspecified atom stereocenters. The molecule has 1 N–H and O–H groups in total. The topological polar surface area (TPSA) is 59.8 Å². The second-order valence-corrected chi connectivity index (χ2v) is 8.67. The van der Waals surface area contributed by atoms with Gasteiger partial charge in [0.2, 0.25) is 0 Å². The van der Waals surface area contributed by atoms with Crippen molar-refractivity contribution in [3.63, 3.8) is 0 Å². The summed E-state index contributed by atoms with van der Waals surface area (Å²) in [5.74, 6) is 0.142. The van der Waals surface area contributed by atoms with Crippen molar-refractivity contribution in [1.29, 1.82) is 0 Å². The number of carbonyl (C=O) groups excluding carboxylic acids is 1.